The minimum atomic E-state index is 0.0668. The largest absolute Gasteiger partial charge is 0.356 e. The van der Waals surface area contributed by atoms with E-state index < -0.39 is 0 Å². The lowest BCUT2D eigenvalue weighted by Crippen LogP contribution is -2.32. The fraction of sp³-hybridized carbons (Fsp3) is 0.320. The first kappa shape index (κ1) is 18.0. The van der Waals surface area contributed by atoms with Crippen molar-refractivity contribution >= 4 is 27.7 Å². The third-order valence-electron chi connectivity index (χ3n) is 6.18. The maximum Gasteiger partial charge on any atom is 0.225 e. The zero-order valence-corrected chi connectivity index (χ0v) is 17.0. The van der Waals surface area contributed by atoms with Crippen LogP contribution in [0.1, 0.15) is 55.6 Å². The molecule has 148 valence electrons. The SMILES string of the molecule is CC(C)n1cc(CC(=O)N[C@@H]2CCCc3c2[nH]c2ccccc32)c2ccccc21. The van der Waals surface area contributed by atoms with Crippen molar-refractivity contribution in [3.05, 3.63) is 71.5 Å². The number of amides is 1. The molecule has 4 nitrogen and oxygen atoms in total. The molecule has 0 saturated heterocycles. The number of para-hydroxylation sites is 2. The molecule has 0 spiro atoms. The number of H-pyrrole nitrogens is 1. The van der Waals surface area contributed by atoms with Crippen molar-refractivity contribution in [3.8, 4) is 0 Å². The average Bonchev–Trinajstić information content (AvgIpc) is 3.28. The fourth-order valence-corrected chi connectivity index (χ4v) is 4.82. The summed E-state index contributed by atoms with van der Waals surface area (Å²) in [5.41, 5.74) is 6.02. The Bertz CT molecular complexity index is 1200. The zero-order valence-electron chi connectivity index (χ0n) is 17.0. The lowest BCUT2D eigenvalue weighted by molar-refractivity contribution is -0.121. The van der Waals surface area contributed by atoms with Gasteiger partial charge in [0.1, 0.15) is 0 Å². The second kappa shape index (κ2) is 7.11. The molecule has 0 fully saturated rings. The van der Waals surface area contributed by atoms with E-state index in [9.17, 15) is 4.79 Å². The summed E-state index contributed by atoms with van der Waals surface area (Å²) in [5.74, 6) is 0.0909. The molecule has 29 heavy (non-hydrogen) atoms. The normalized spacial score (nSPS) is 16.4. The summed E-state index contributed by atoms with van der Waals surface area (Å²) >= 11 is 0. The second-order valence-corrected chi connectivity index (χ2v) is 8.42. The van der Waals surface area contributed by atoms with Crippen LogP contribution in [0.15, 0.2) is 54.7 Å². The van der Waals surface area contributed by atoms with Crippen molar-refractivity contribution in [2.75, 3.05) is 0 Å². The molecular formula is C25H27N3O. The number of nitrogens with one attached hydrogen (secondary N) is 2. The number of hydrogen-bond acceptors (Lipinski definition) is 1. The number of nitrogens with zero attached hydrogens (tertiary/aromatic N) is 1. The summed E-state index contributed by atoms with van der Waals surface area (Å²) in [5, 5.41) is 5.77. The van der Waals surface area contributed by atoms with Gasteiger partial charge in [-0.3, -0.25) is 4.79 Å². The van der Waals surface area contributed by atoms with Gasteiger partial charge in [-0.15, -0.1) is 0 Å². The van der Waals surface area contributed by atoms with E-state index in [-0.39, 0.29) is 11.9 Å². The van der Waals surface area contributed by atoms with Gasteiger partial charge in [0, 0.05) is 39.7 Å². The van der Waals surface area contributed by atoms with Crippen LogP contribution in [0.25, 0.3) is 21.8 Å². The Morgan fingerprint density at radius 2 is 1.90 bits per heavy atom. The van der Waals surface area contributed by atoms with Gasteiger partial charge in [-0.1, -0.05) is 36.4 Å². The quantitative estimate of drug-likeness (QED) is 0.483. The smallest absolute Gasteiger partial charge is 0.225 e. The number of hydrogen-bond donors (Lipinski definition) is 2. The number of carbonyl (C=O) groups is 1. The summed E-state index contributed by atoms with van der Waals surface area (Å²) in [7, 11) is 0. The van der Waals surface area contributed by atoms with Crippen LogP contribution in [0, 0.1) is 0 Å². The Kier molecular flexibility index (Phi) is 4.42. The predicted octanol–water partition coefficient (Wildman–Crippen LogP) is 5.44. The van der Waals surface area contributed by atoms with E-state index in [2.05, 4.69) is 77.4 Å². The molecule has 5 rings (SSSR count). The number of aromatic amines is 1. The molecule has 1 amide bonds. The molecule has 1 aliphatic carbocycles. The van der Waals surface area contributed by atoms with E-state index >= 15 is 0 Å². The lowest BCUT2D eigenvalue weighted by Gasteiger charge is -2.24. The van der Waals surface area contributed by atoms with Crippen molar-refractivity contribution in [3.63, 3.8) is 0 Å². The summed E-state index contributed by atoms with van der Waals surface area (Å²) in [4.78, 5) is 16.6. The molecule has 0 saturated carbocycles. The first-order valence-electron chi connectivity index (χ1n) is 10.6. The minimum Gasteiger partial charge on any atom is -0.356 e. The van der Waals surface area contributed by atoms with E-state index in [1.54, 1.807) is 0 Å². The molecular weight excluding hydrogens is 358 g/mol. The van der Waals surface area contributed by atoms with Crippen LogP contribution in [0.3, 0.4) is 0 Å². The van der Waals surface area contributed by atoms with Gasteiger partial charge >= 0.3 is 0 Å². The fourth-order valence-electron chi connectivity index (χ4n) is 4.82. The number of benzene rings is 2. The van der Waals surface area contributed by atoms with Gasteiger partial charge in [-0.05, 0) is 56.4 Å². The molecule has 4 heteroatoms. The number of fused-ring (bicyclic) bond motifs is 4. The minimum absolute atomic E-state index is 0.0668. The first-order chi connectivity index (χ1) is 14.1. The van der Waals surface area contributed by atoms with Gasteiger partial charge in [0.25, 0.3) is 0 Å². The molecule has 2 heterocycles. The van der Waals surface area contributed by atoms with Crippen molar-refractivity contribution in [1.29, 1.82) is 0 Å². The van der Waals surface area contributed by atoms with Crippen LogP contribution >= 0.6 is 0 Å². The molecule has 0 radical (unpaired) electrons. The highest BCUT2D eigenvalue weighted by atomic mass is 16.1. The van der Waals surface area contributed by atoms with Crippen LogP contribution < -0.4 is 5.32 Å². The van der Waals surface area contributed by atoms with Crippen LogP contribution in [-0.2, 0) is 17.6 Å². The van der Waals surface area contributed by atoms with Gasteiger partial charge < -0.3 is 14.9 Å². The van der Waals surface area contributed by atoms with Gasteiger partial charge in [0.15, 0.2) is 0 Å². The third-order valence-corrected chi connectivity index (χ3v) is 6.18. The van der Waals surface area contributed by atoms with Gasteiger partial charge in [-0.25, -0.2) is 0 Å². The van der Waals surface area contributed by atoms with E-state index in [4.69, 9.17) is 0 Å². The summed E-state index contributed by atoms with van der Waals surface area (Å²) < 4.78 is 2.26. The first-order valence-corrected chi connectivity index (χ1v) is 10.6. The monoisotopic (exact) mass is 385 g/mol. The van der Waals surface area contributed by atoms with Crippen molar-refractivity contribution in [2.45, 2.75) is 51.6 Å². The second-order valence-electron chi connectivity index (χ2n) is 8.42. The van der Waals surface area contributed by atoms with Crippen LogP contribution in [0.2, 0.25) is 0 Å². The highest BCUT2D eigenvalue weighted by molar-refractivity contribution is 5.90. The molecule has 0 bridgehead atoms. The van der Waals surface area contributed by atoms with Gasteiger partial charge in [-0.2, -0.15) is 0 Å². The molecule has 2 aromatic heterocycles. The molecule has 0 aliphatic heterocycles. The Labute approximate surface area is 170 Å². The number of rotatable bonds is 4. The van der Waals surface area contributed by atoms with E-state index in [0.29, 0.717) is 12.5 Å². The molecule has 0 unspecified atom stereocenters. The van der Waals surface area contributed by atoms with Crippen molar-refractivity contribution in [1.82, 2.24) is 14.9 Å². The molecule has 4 aromatic rings. The maximum atomic E-state index is 13.0. The molecule has 2 N–H and O–H groups in total. The third kappa shape index (κ3) is 3.13. The van der Waals surface area contributed by atoms with Crippen LogP contribution in [0.5, 0.6) is 0 Å². The van der Waals surface area contributed by atoms with Gasteiger partial charge in [0.2, 0.25) is 5.91 Å². The highest BCUT2D eigenvalue weighted by Crippen LogP contribution is 2.34. The van der Waals surface area contributed by atoms with E-state index in [0.717, 1.165) is 24.8 Å². The molecule has 1 atom stereocenters. The molecule has 2 aromatic carbocycles. The number of aromatic nitrogens is 2. The number of aryl methyl sites for hydroxylation is 1. The van der Waals surface area contributed by atoms with Crippen LogP contribution in [0.4, 0.5) is 0 Å². The topological polar surface area (TPSA) is 49.8 Å². The Balaban J connectivity index is 1.41. The predicted molar refractivity (Wildman–Crippen MR) is 118 cm³/mol. The Morgan fingerprint density at radius 3 is 2.72 bits per heavy atom. The van der Waals surface area contributed by atoms with Gasteiger partial charge in [0.05, 0.1) is 12.5 Å². The molecule has 1 aliphatic rings. The average molecular weight is 386 g/mol. The van der Waals surface area contributed by atoms with E-state index in [1.165, 1.54) is 33.1 Å². The number of carbonyl (C=O) groups excluding carboxylic acids is 1. The zero-order chi connectivity index (χ0) is 20.0. The lowest BCUT2D eigenvalue weighted by atomic mass is 9.91. The highest BCUT2D eigenvalue weighted by Gasteiger charge is 2.25. The maximum absolute atomic E-state index is 13.0. The van der Waals surface area contributed by atoms with Crippen molar-refractivity contribution < 1.29 is 4.79 Å². The Morgan fingerprint density at radius 1 is 1.14 bits per heavy atom. The van der Waals surface area contributed by atoms with E-state index in [1.807, 2.05) is 6.07 Å². The Hall–Kier alpha value is -3.01. The summed E-state index contributed by atoms with van der Waals surface area (Å²) in [6.07, 6.45) is 5.72. The van der Waals surface area contributed by atoms with Crippen LogP contribution in [-0.4, -0.2) is 15.5 Å². The summed E-state index contributed by atoms with van der Waals surface area (Å²) in [6.45, 7) is 4.35. The summed E-state index contributed by atoms with van der Waals surface area (Å²) in [6, 6.07) is 17.2. The van der Waals surface area contributed by atoms with Crippen molar-refractivity contribution in [2.24, 2.45) is 0 Å². The standard InChI is InChI=1S/C25H27N3O/c1-16(2)28-15-17(18-8-4-6-13-23(18)28)14-24(29)26-22-12-7-10-20-19-9-3-5-11-21(19)27-25(20)22/h3-6,8-9,11,13,15-16,22,27H,7,10,12,14H2,1-2H3,(H,26,29)/t22-/m1/s1.